The van der Waals surface area contributed by atoms with E-state index in [-0.39, 0.29) is 0 Å². The highest BCUT2D eigenvalue weighted by atomic mass is 15.2. The molecular weight excluding hydrogens is 260 g/mol. The van der Waals surface area contributed by atoms with Crippen LogP contribution in [0.5, 0.6) is 0 Å². The van der Waals surface area contributed by atoms with Crippen LogP contribution in [0.15, 0.2) is 30.3 Å². The number of hydrogen-bond acceptors (Lipinski definition) is 4. The highest BCUT2D eigenvalue weighted by Crippen LogP contribution is 2.31. The van der Waals surface area contributed by atoms with Crippen molar-refractivity contribution in [1.82, 2.24) is 10.3 Å². The van der Waals surface area contributed by atoms with Gasteiger partial charge in [-0.25, -0.2) is 4.98 Å². The molecule has 2 aliphatic heterocycles. The van der Waals surface area contributed by atoms with E-state index in [9.17, 15) is 5.26 Å². The van der Waals surface area contributed by atoms with Gasteiger partial charge in [-0.3, -0.25) is 0 Å². The molecule has 2 saturated heterocycles. The Morgan fingerprint density at radius 1 is 1.29 bits per heavy atom. The van der Waals surface area contributed by atoms with Crippen molar-refractivity contribution in [2.75, 3.05) is 24.5 Å². The SMILES string of the molecule is N#Cc1cc2ccccc2nc1N1CC2CCCNC2C1. The first kappa shape index (κ1) is 12.6. The minimum atomic E-state index is 0.554. The fourth-order valence-electron chi connectivity index (χ4n) is 3.65. The van der Waals surface area contributed by atoms with Gasteiger partial charge < -0.3 is 10.2 Å². The van der Waals surface area contributed by atoms with Crippen molar-refractivity contribution in [2.24, 2.45) is 5.92 Å². The molecule has 0 aliphatic carbocycles. The molecule has 2 aliphatic rings. The normalized spacial score (nSPS) is 24.8. The van der Waals surface area contributed by atoms with E-state index >= 15 is 0 Å². The van der Waals surface area contributed by atoms with Crippen molar-refractivity contribution < 1.29 is 0 Å². The average molecular weight is 278 g/mol. The second-order valence-corrected chi connectivity index (χ2v) is 6.03. The number of pyridine rings is 1. The summed E-state index contributed by atoms with van der Waals surface area (Å²) in [5.74, 6) is 1.55. The van der Waals surface area contributed by atoms with Gasteiger partial charge in [0.25, 0.3) is 0 Å². The van der Waals surface area contributed by atoms with Crippen LogP contribution < -0.4 is 10.2 Å². The first-order chi connectivity index (χ1) is 10.3. The number of hydrogen-bond donors (Lipinski definition) is 1. The molecule has 3 heterocycles. The Hall–Kier alpha value is -2.12. The zero-order valence-electron chi connectivity index (χ0n) is 11.9. The van der Waals surface area contributed by atoms with Crippen LogP contribution in [-0.2, 0) is 0 Å². The first-order valence-electron chi connectivity index (χ1n) is 7.63. The van der Waals surface area contributed by atoms with Crippen LogP contribution in [-0.4, -0.2) is 30.7 Å². The number of piperidine rings is 1. The number of anilines is 1. The van der Waals surface area contributed by atoms with Gasteiger partial charge in [-0.15, -0.1) is 0 Å². The van der Waals surface area contributed by atoms with E-state index in [4.69, 9.17) is 4.98 Å². The molecule has 2 aromatic rings. The quantitative estimate of drug-likeness (QED) is 0.869. The van der Waals surface area contributed by atoms with Gasteiger partial charge in [0.2, 0.25) is 0 Å². The monoisotopic (exact) mass is 278 g/mol. The Labute approximate surface area is 124 Å². The third-order valence-electron chi connectivity index (χ3n) is 4.72. The number of nitrogens with zero attached hydrogens (tertiary/aromatic N) is 3. The fourth-order valence-corrected chi connectivity index (χ4v) is 3.65. The van der Waals surface area contributed by atoms with Gasteiger partial charge in [0.15, 0.2) is 0 Å². The second-order valence-electron chi connectivity index (χ2n) is 6.03. The third kappa shape index (κ3) is 2.14. The molecule has 1 N–H and O–H groups in total. The topological polar surface area (TPSA) is 52.0 Å². The first-order valence-corrected chi connectivity index (χ1v) is 7.63. The van der Waals surface area contributed by atoms with Crippen LogP contribution >= 0.6 is 0 Å². The minimum Gasteiger partial charge on any atom is -0.354 e. The molecule has 4 nitrogen and oxygen atoms in total. The molecule has 0 spiro atoms. The molecule has 0 saturated carbocycles. The maximum absolute atomic E-state index is 9.46. The molecule has 4 heteroatoms. The van der Waals surface area contributed by atoms with E-state index in [1.54, 1.807) is 0 Å². The molecule has 1 aromatic carbocycles. The van der Waals surface area contributed by atoms with Gasteiger partial charge in [-0.1, -0.05) is 18.2 Å². The Balaban J connectivity index is 1.74. The molecule has 2 fully saturated rings. The number of fused-ring (bicyclic) bond motifs is 2. The summed E-state index contributed by atoms with van der Waals surface area (Å²) in [6, 6.07) is 12.9. The van der Waals surface area contributed by atoms with Crippen LogP contribution in [0.1, 0.15) is 18.4 Å². The molecule has 0 amide bonds. The van der Waals surface area contributed by atoms with Gasteiger partial charge in [-0.05, 0) is 37.4 Å². The molecule has 106 valence electrons. The van der Waals surface area contributed by atoms with E-state index in [2.05, 4.69) is 16.3 Å². The Morgan fingerprint density at radius 3 is 3.05 bits per heavy atom. The number of rotatable bonds is 1. The Kier molecular flexibility index (Phi) is 3.01. The summed E-state index contributed by atoms with van der Waals surface area (Å²) in [7, 11) is 0. The lowest BCUT2D eigenvalue weighted by molar-refractivity contribution is 0.340. The third-order valence-corrected chi connectivity index (χ3v) is 4.72. The maximum Gasteiger partial charge on any atom is 0.147 e. The van der Waals surface area contributed by atoms with Gasteiger partial charge in [0.1, 0.15) is 11.9 Å². The van der Waals surface area contributed by atoms with E-state index in [1.165, 1.54) is 12.8 Å². The Bertz CT molecular complexity index is 704. The van der Waals surface area contributed by atoms with Crippen molar-refractivity contribution in [3.63, 3.8) is 0 Å². The van der Waals surface area contributed by atoms with E-state index in [0.717, 1.165) is 36.4 Å². The van der Waals surface area contributed by atoms with E-state index < -0.39 is 0 Å². The summed E-state index contributed by atoms with van der Waals surface area (Å²) in [5.41, 5.74) is 1.65. The van der Waals surface area contributed by atoms with Gasteiger partial charge >= 0.3 is 0 Å². The lowest BCUT2D eigenvalue weighted by atomic mass is 9.94. The number of aromatic nitrogens is 1. The fraction of sp³-hybridized carbons (Fsp3) is 0.412. The molecule has 21 heavy (non-hydrogen) atoms. The van der Waals surface area contributed by atoms with Gasteiger partial charge in [0, 0.05) is 24.5 Å². The molecule has 1 aromatic heterocycles. The summed E-state index contributed by atoms with van der Waals surface area (Å²) in [4.78, 5) is 7.05. The molecule has 2 atom stereocenters. The standard InChI is InChI=1S/C17H18N4/c18-9-14-8-12-4-1-2-6-15(12)20-17(14)21-10-13-5-3-7-19-16(13)11-21/h1-2,4,6,8,13,16,19H,3,5,7,10-11H2. The predicted octanol–water partition coefficient (Wildman–Crippen LogP) is 2.29. The lowest BCUT2D eigenvalue weighted by Crippen LogP contribution is -2.40. The van der Waals surface area contributed by atoms with E-state index in [0.29, 0.717) is 17.5 Å². The van der Waals surface area contributed by atoms with E-state index in [1.807, 2.05) is 30.3 Å². The van der Waals surface area contributed by atoms with Gasteiger partial charge in [-0.2, -0.15) is 5.26 Å². The van der Waals surface area contributed by atoms with Crippen molar-refractivity contribution in [3.8, 4) is 6.07 Å². The Morgan fingerprint density at radius 2 is 2.19 bits per heavy atom. The zero-order chi connectivity index (χ0) is 14.2. The number of nitriles is 1. The smallest absolute Gasteiger partial charge is 0.147 e. The van der Waals surface area contributed by atoms with Crippen LogP contribution in [0.25, 0.3) is 10.9 Å². The number of benzene rings is 1. The average Bonchev–Trinajstić information content (AvgIpc) is 2.97. The number of para-hydroxylation sites is 1. The number of nitrogens with one attached hydrogen (secondary N) is 1. The summed E-state index contributed by atoms with van der Waals surface area (Å²) >= 11 is 0. The highest BCUT2D eigenvalue weighted by Gasteiger charge is 2.35. The summed E-state index contributed by atoms with van der Waals surface area (Å²) in [5, 5.41) is 14.1. The molecular formula is C17H18N4. The van der Waals surface area contributed by atoms with Crippen molar-refractivity contribution in [3.05, 3.63) is 35.9 Å². The van der Waals surface area contributed by atoms with Crippen molar-refractivity contribution in [2.45, 2.75) is 18.9 Å². The molecule has 4 rings (SSSR count). The van der Waals surface area contributed by atoms with Crippen LogP contribution in [0.4, 0.5) is 5.82 Å². The van der Waals surface area contributed by atoms with Crippen molar-refractivity contribution in [1.29, 1.82) is 5.26 Å². The van der Waals surface area contributed by atoms with Crippen LogP contribution in [0.3, 0.4) is 0 Å². The highest BCUT2D eigenvalue weighted by molar-refractivity contribution is 5.83. The predicted molar refractivity (Wildman–Crippen MR) is 83.2 cm³/mol. The molecule has 2 unspecified atom stereocenters. The lowest BCUT2D eigenvalue weighted by Gasteiger charge is -2.24. The zero-order valence-corrected chi connectivity index (χ0v) is 11.9. The largest absolute Gasteiger partial charge is 0.354 e. The van der Waals surface area contributed by atoms with Crippen molar-refractivity contribution >= 4 is 16.7 Å². The summed E-state index contributed by atoms with van der Waals surface area (Å²) < 4.78 is 0. The molecule has 0 radical (unpaired) electrons. The van der Waals surface area contributed by atoms with Crippen LogP contribution in [0.2, 0.25) is 0 Å². The van der Waals surface area contributed by atoms with Gasteiger partial charge in [0.05, 0.1) is 11.1 Å². The van der Waals surface area contributed by atoms with Crippen LogP contribution in [0, 0.1) is 17.2 Å². The molecule has 0 bridgehead atoms. The second kappa shape index (κ2) is 5.01. The maximum atomic E-state index is 9.46. The summed E-state index contributed by atoms with van der Waals surface area (Å²) in [6.07, 6.45) is 2.54. The summed E-state index contributed by atoms with van der Waals surface area (Å²) in [6.45, 7) is 3.09. The minimum absolute atomic E-state index is 0.554.